The fourth-order valence-electron chi connectivity index (χ4n) is 1.65. The molecule has 0 aliphatic carbocycles. The van der Waals surface area contributed by atoms with Gasteiger partial charge in [-0.05, 0) is 24.0 Å². The second-order valence-electron chi connectivity index (χ2n) is 3.71. The van der Waals surface area contributed by atoms with Gasteiger partial charge in [0.1, 0.15) is 0 Å². The first-order valence-corrected chi connectivity index (χ1v) is 5.72. The zero-order chi connectivity index (χ0) is 11.5. The standard InChI is InChI=1S/C11H11Cl2N3/c1-7(5-8-6-14-16-15-8)9-3-2-4-10(12)11(9)13/h2-4,6-7H,5H2,1H3,(H,14,15,16). The summed E-state index contributed by atoms with van der Waals surface area (Å²) in [6.45, 7) is 2.09. The van der Waals surface area contributed by atoms with Gasteiger partial charge in [-0.1, -0.05) is 42.3 Å². The summed E-state index contributed by atoms with van der Waals surface area (Å²) in [4.78, 5) is 0. The Morgan fingerprint density at radius 2 is 2.19 bits per heavy atom. The number of hydrogen-bond acceptors (Lipinski definition) is 2. The predicted octanol–water partition coefficient (Wildman–Crippen LogP) is 3.46. The molecule has 2 aromatic rings. The minimum atomic E-state index is 0.260. The van der Waals surface area contributed by atoms with Crippen molar-refractivity contribution in [2.24, 2.45) is 0 Å². The Morgan fingerprint density at radius 1 is 1.38 bits per heavy atom. The number of rotatable bonds is 3. The largest absolute Gasteiger partial charge is 0.198 e. The third-order valence-electron chi connectivity index (χ3n) is 2.49. The summed E-state index contributed by atoms with van der Waals surface area (Å²) in [5.41, 5.74) is 1.96. The van der Waals surface area contributed by atoms with E-state index in [1.165, 1.54) is 0 Å². The molecule has 0 saturated carbocycles. The van der Waals surface area contributed by atoms with Crippen molar-refractivity contribution in [1.29, 1.82) is 0 Å². The molecule has 0 spiro atoms. The quantitative estimate of drug-likeness (QED) is 0.913. The highest BCUT2D eigenvalue weighted by Gasteiger charge is 2.13. The van der Waals surface area contributed by atoms with E-state index in [9.17, 15) is 0 Å². The van der Waals surface area contributed by atoms with Gasteiger partial charge in [0.25, 0.3) is 0 Å². The molecule has 5 heteroatoms. The monoisotopic (exact) mass is 255 g/mol. The van der Waals surface area contributed by atoms with Crippen LogP contribution in [0.15, 0.2) is 24.4 Å². The normalized spacial score (nSPS) is 12.7. The molecule has 2 rings (SSSR count). The summed E-state index contributed by atoms with van der Waals surface area (Å²) >= 11 is 12.1. The molecule has 1 aromatic heterocycles. The van der Waals surface area contributed by atoms with Crippen LogP contribution in [0.5, 0.6) is 0 Å². The van der Waals surface area contributed by atoms with Crippen LogP contribution in [-0.4, -0.2) is 15.4 Å². The lowest BCUT2D eigenvalue weighted by atomic mass is 9.96. The van der Waals surface area contributed by atoms with Crippen molar-refractivity contribution in [1.82, 2.24) is 15.4 Å². The summed E-state index contributed by atoms with van der Waals surface area (Å²) in [5, 5.41) is 11.6. The molecule has 0 aliphatic rings. The Bertz CT molecular complexity index is 468. The van der Waals surface area contributed by atoms with Gasteiger partial charge in [0.2, 0.25) is 0 Å². The number of H-pyrrole nitrogens is 1. The Morgan fingerprint density at radius 3 is 2.88 bits per heavy atom. The molecule has 16 heavy (non-hydrogen) atoms. The Kier molecular flexibility index (Phi) is 3.46. The number of nitrogens with zero attached hydrogens (tertiary/aromatic N) is 2. The highest BCUT2D eigenvalue weighted by atomic mass is 35.5. The lowest BCUT2D eigenvalue weighted by molar-refractivity contribution is 0.736. The summed E-state index contributed by atoms with van der Waals surface area (Å²) in [6.07, 6.45) is 2.51. The van der Waals surface area contributed by atoms with E-state index in [0.717, 1.165) is 17.7 Å². The maximum Gasteiger partial charge on any atom is 0.0830 e. The van der Waals surface area contributed by atoms with Crippen LogP contribution in [0.1, 0.15) is 24.1 Å². The van der Waals surface area contributed by atoms with Gasteiger partial charge in [-0.15, -0.1) is 0 Å². The van der Waals surface area contributed by atoms with Crippen LogP contribution < -0.4 is 0 Å². The molecule has 0 amide bonds. The Hall–Kier alpha value is -1.06. The predicted molar refractivity (Wildman–Crippen MR) is 65.0 cm³/mol. The zero-order valence-corrected chi connectivity index (χ0v) is 10.3. The fraction of sp³-hybridized carbons (Fsp3) is 0.273. The summed E-state index contributed by atoms with van der Waals surface area (Å²) in [6, 6.07) is 5.68. The summed E-state index contributed by atoms with van der Waals surface area (Å²) in [5.74, 6) is 0.260. The molecule has 0 fully saturated rings. The van der Waals surface area contributed by atoms with Crippen molar-refractivity contribution in [2.45, 2.75) is 19.3 Å². The van der Waals surface area contributed by atoms with Crippen LogP contribution in [0, 0.1) is 0 Å². The Labute approximate surface area is 104 Å². The van der Waals surface area contributed by atoms with E-state index in [1.807, 2.05) is 12.1 Å². The minimum absolute atomic E-state index is 0.260. The van der Waals surface area contributed by atoms with Crippen molar-refractivity contribution in [3.8, 4) is 0 Å². The molecule has 0 bridgehead atoms. The third kappa shape index (κ3) is 2.36. The molecule has 1 unspecified atom stereocenters. The first-order valence-electron chi connectivity index (χ1n) is 4.97. The van der Waals surface area contributed by atoms with E-state index in [1.54, 1.807) is 12.3 Å². The van der Waals surface area contributed by atoms with E-state index in [0.29, 0.717) is 10.0 Å². The number of halogens is 2. The van der Waals surface area contributed by atoms with Gasteiger partial charge < -0.3 is 0 Å². The molecule has 0 saturated heterocycles. The number of nitrogens with one attached hydrogen (secondary N) is 1. The van der Waals surface area contributed by atoms with Crippen molar-refractivity contribution in [3.05, 3.63) is 45.7 Å². The molecule has 1 N–H and O–H groups in total. The first-order chi connectivity index (χ1) is 7.68. The molecule has 1 heterocycles. The molecule has 1 aromatic carbocycles. The lowest BCUT2D eigenvalue weighted by Crippen LogP contribution is -2.00. The SMILES string of the molecule is CC(Cc1cn[nH]n1)c1cccc(Cl)c1Cl. The van der Waals surface area contributed by atoms with Gasteiger partial charge in [0, 0.05) is 0 Å². The maximum atomic E-state index is 6.15. The summed E-state index contributed by atoms with van der Waals surface area (Å²) in [7, 11) is 0. The highest BCUT2D eigenvalue weighted by Crippen LogP contribution is 2.31. The number of hydrogen-bond donors (Lipinski definition) is 1. The zero-order valence-electron chi connectivity index (χ0n) is 8.74. The van der Waals surface area contributed by atoms with Crippen LogP contribution in [0.25, 0.3) is 0 Å². The highest BCUT2D eigenvalue weighted by molar-refractivity contribution is 6.42. The van der Waals surface area contributed by atoms with Crippen LogP contribution in [0.4, 0.5) is 0 Å². The number of benzene rings is 1. The topological polar surface area (TPSA) is 41.6 Å². The molecule has 1 atom stereocenters. The van der Waals surface area contributed by atoms with E-state index >= 15 is 0 Å². The van der Waals surface area contributed by atoms with Crippen molar-refractivity contribution < 1.29 is 0 Å². The van der Waals surface area contributed by atoms with Crippen molar-refractivity contribution in [2.75, 3.05) is 0 Å². The Balaban J connectivity index is 2.21. The van der Waals surface area contributed by atoms with Gasteiger partial charge in [0.15, 0.2) is 0 Å². The fourth-order valence-corrected chi connectivity index (χ4v) is 2.14. The molecular weight excluding hydrogens is 245 g/mol. The van der Waals surface area contributed by atoms with E-state index in [-0.39, 0.29) is 5.92 Å². The van der Waals surface area contributed by atoms with E-state index in [2.05, 4.69) is 22.3 Å². The molecule has 3 nitrogen and oxygen atoms in total. The smallest absolute Gasteiger partial charge is 0.0830 e. The van der Waals surface area contributed by atoms with Gasteiger partial charge in [0.05, 0.1) is 21.9 Å². The van der Waals surface area contributed by atoms with Crippen LogP contribution >= 0.6 is 23.2 Å². The van der Waals surface area contributed by atoms with Gasteiger partial charge in [-0.25, -0.2) is 0 Å². The van der Waals surface area contributed by atoms with Crippen molar-refractivity contribution >= 4 is 23.2 Å². The third-order valence-corrected chi connectivity index (χ3v) is 3.33. The van der Waals surface area contributed by atoms with Crippen LogP contribution in [-0.2, 0) is 6.42 Å². The van der Waals surface area contributed by atoms with Crippen LogP contribution in [0.3, 0.4) is 0 Å². The molecule has 0 aliphatic heterocycles. The van der Waals surface area contributed by atoms with Crippen molar-refractivity contribution in [3.63, 3.8) is 0 Å². The molecule has 0 radical (unpaired) electrons. The number of aromatic nitrogens is 3. The van der Waals surface area contributed by atoms with Crippen LogP contribution in [0.2, 0.25) is 10.0 Å². The van der Waals surface area contributed by atoms with Gasteiger partial charge in [-0.3, -0.25) is 0 Å². The summed E-state index contributed by atoms with van der Waals surface area (Å²) < 4.78 is 0. The average Bonchev–Trinajstić information content (AvgIpc) is 2.74. The van der Waals surface area contributed by atoms with Gasteiger partial charge in [-0.2, -0.15) is 15.4 Å². The minimum Gasteiger partial charge on any atom is -0.198 e. The first kappa shape index (κ1) is 11.4. The van der Waals surface area contributed by atoms with E-state index < -0.39 is 0 Å². The number of aromatic amines is 1. The average molecular weight is 256 g/mol. The van der Waals surface area contributed by atoms with E-state index in [4.69, 9.17) is 23.2 Å². The van der Waals surface area contributed by atoms with Gasteiger partial charge >= 0.3 is 0 Å². The second kappa shape index (κ2) is 4.85. The molecular formula is C11H11Cl2N3. The maximum absolute atomic E-state index is 6.15. The lowest BCUT2D eigenvalue weighted by Gasteiger charge is -2.12. The second-order valence-corrected chi connectivity index (χ2v) is 4.49. The molecule has 84 valence electrons.